The highest BCUT2D eigenvalue weighted by atomic mass is 32.1. The summed E-state index contributed by atoms with van der Waals surface area (Å²) in [5.41, 5.74) is 7.86. The Kier molecular flexibility index (Phi) is 4.85. The van der Waals surface area contributed by atoms with Crippen LogP contribution in [0.3, 0.4) is 0 Å². The molecule has 0 aliphatic rings. The Bertz CT molecular complexity index is 603. The largest absolute Gasteiger partial charge is 0.497 e. The van der Waals surface area contributed by atoms with Gasteiger partial charge in [0, 0.05) is 29.0 Å². The van der Waals surface area contributed by atoms with Crippen LogP contribution in [0, 0.1) is 0 Å². The average molecular weight is 306 g/mol. The number of methoxy groups -OCH3 is 1. The van der Waals surface area contributed by atoms with Crippen molar-refractivity contribution in [3.63, 3.8) is 0 Å². The fraction of sp³-hybridized carbons (Fsp3) is 0.438. The number of hydrogen-bond acceptors (Lipinski definition) is 5. The van der Waals surface area contributed by atoms with Crippen molar-refractivity contribution in [2.75, 3.05) is 7.11 Å². The molecule has 21 heavy (non-hydrogen) atoms. The van der Waals surface area contributed by atoms with Crippen LogP contribution < -0.4 is 15.2 Å². The molecule has 1 aromatic heterocycles. The summed E-state index contributed by atoms with van der Waals surface area (Å²) in [5, 5.41) is 3.06. The van der Waals surface area contributed by atoms with Gasteiger partial charge in [0.2, 0.25) is 0 Å². The van der Waals surface area contributed by atoms with E-state index >= 15 is 0 Å². The third-order valence-electron chi connectivity index (χ3n) is 3.17. The van der Waals surface area contributed by atoms with E-state index in [1.165, 1.54) is 0 Å². The van der Waals surface area contributed by atoms with Gasteiger partial charge in [0.25, 0.3) is 0 Å². The minimum absolute atomic E-state index is 0.0626. The van der Waals surface area contributed by atoms with Crippen molar-refractivity contribution in [2.24, 2.45) is 5.73 Å². The number of rotatable bonds is 5. The molecule has 0 unspecified atom stereocenters. The molecule has 2 N–H and O–H groups in total. The van der Waals surface area contributed by atoms with Gasteiger partial charge < -0.3 is 15.2 Å². The summed E-state index contributed by atoms with van der Waals surface area (Å²) in [6, 6.07) is 5.67. The van der Waals surface area contributed by atoms with E-state index in [4.69, 9.17) is 15.2 Å². The molecule has 0 spiro atoms. The van der Waals surface area contributed by atoms with E-state index in [9.17, 15) is 0 Å². The fourth-order valence-corrected chi connectivity index (χ4v) is 2.76. The Morgan fingerprint density at radius 3 is 2.62 bits per heavy atom. The maximum atomic E-state index is 5.87. The lowest BCUT2D eigenvalue weighted by Gasteiger charge is -2.14. The summed E-state index contributed by atoms with van der Waals surface area (Å²) in [7, 11) is 1.64. The van der Waals surface area contributed by atoms with Gasteiger partial charge in [-0.15, -0.1) is 11.3 Å². The molecule has 0 aliphatic heterocycles. The van der Waals surface area contributed by atoms with Crippen LogP contribution in [-0.4, -0.2) is 12.1 Å². The van der Waals surface area contributed by atoms with E-state index in [-0.39, 0.29) is 5.41 Å². The van der Waals surface area contributed by atoms with Crippen molar-refractivity contribution in [1.29, 1.82) is 0 Å². The number of hydrogen-bond donors (Lipinski definition) is 1. The highest BCUT2D eigenvalue weighted by Crippen LogP contribution is 2.27. The van der Waals surface area contributed by atoms with Crippen molar-refractivity contribution >= 4 is 11.3 Å². The van der Waals surface area contributed by atoms with Crippen molar-refractivity contribution < 1.29 is 9.47 Å². The van der Waals surface area contributed by atoms with Crippen LogP contribution in [0.4, 0.5) is 0 Å². The third-order valence-corrected chi connectivity index (χ3v) is 3.99. The Hall–Kier alpha value is -1.59. The summed E-state index contributed by atoms with van der Waals surface area (Å²) in [6.07, 6.45) is 0. The van der Waals surface area contributed by atoms with Crippen LogP contribution in [-0.2, 0) is 18.6 Å². The Labute approximate surface area is 129 Å². The molecule has 0 radical (unpaired) electrons. The Morgan fingerprint density at radius 1 is 1.29 bits per heavy atom. The maximum absolute atomic E-state index is 5.87. The predicted octanol–water partition coefficient (Wildman–Crippen LogP) is 3.49. The molecule has 1 heterocycles. The average Bonchev–Trinajstić information content (AvgIpc) is 2.93. The lowest BCUT2D eigenvalue weighted by atomic mass is 9.93. The molecule has 0 fully saturated rings. The van der Waals surface area contributed by atoms with E-state index < -0.39 is 0 Å². The smallest absolute Gasteiger partial charge is 0.140 e. The highest BCUT2D eigenvalue weighted by Gasteiger charge is 2.17. The number of nitrogens with zero attached hydrogens (tertiary/aromatic N) is 1. The van der Waals surface area contributed by atoms with E-state index in [1.54, 1.807) is 18.4 Å². The van der Waals surface area contributed by atoms with Gasteiger partial charge in [-0.25, -0.2) is 4.98 Å². The zero-order valence-corrected chi connectivity index (χ0v) is 13.8. The molecule has 0 atom stereocenters. The van der Waals surface area contributed by atoms with Gasteiger partial charge in [-0.1, -0.05) is 26.8 Å². The normalized spacial score (nSPS) is 11.5. The third kappa shape index (κ3) is 3.95. The number of nitrogens with two attached hydrogens (primary N) is 1. The minimum Gasteiger partial charge on any atom is -0.497 e. The van der Waals surface area contributed by atoms with Crippen LogP contribution in [0.15, 0.2) is 23.6 Å². The van der Waals surface area contributed by atoms with E-state index in [0.29, 0.717) is 13.2 Å². The van der Waals surface area contributed by atoms with Crippen molar-refractivity contribution in [3.8, 4) is 11.5 Å². The van der Waals surface area contributed by atoms with Crippen LogP contribution in [0.1, 0.15) is 37.0 Å². The van der Waals surface area contributed by atoms with Crippen LogP contribution in [0.2, 0.25) is 0 Å². The topological polar surface area (TPSA) is 57.4 Å². The number of benzene rings is 1. The number of ether oxygens (including phenoxy) is 2. The van der Waals surface area contributed by atoms with Crippen molar-refractivity contribution in [3.05, 3.63) is 39.8 Å². The van der Waals surface area contributed by atoms with Gasteiger partial charge in [-0.3, -0.25) is 0 Å². The first-order valence-electron chi connectivity index (χ1n) is 6.88. The number of thiazole rings is 1. The molecule has 0 bridgehead atoms. The molecule has 0 amide bonds. The second kappa shape index (κ2) is 6.45. The second-order valence-electron chi connectivity index (χ2n) is 5.84. The lowest BCUT2D eigenvalue weighted by Crippen LogP contribution is -2.11. The monoisotopic (exact) mass is 306 g/mol. The zero-order chi connectivity index (χ0) is 15.5. The predicted molar refractivity (Wildman–Crippen MR) is 86.0 cm³/mol. The van der Waals surface area contributed by atoms with E-state index in [1.807, 2.05) is 18.2 Å². The molecular weight excluding hydrogens is 284 g/mol. The van der Waals surface area contributed by atoms with Crippen molar-refractivity contribution in [1.82, 2.24) is 4.98 Å². The van der Waals surface area contributed by atoms with Crippen molar-refractivity contribution in [2.45, 2.75) is 39.3 Å². The first kappa shape index (κ1) is 15.8. The first-order chi connectivity index (χ1) is 9.94. The molecule has 4 nitrogen and oxygen atoms in total. The Morgan fingerprint density at radius 2 is 2.05 bits per heavy atom. The standard InChI is InChI=1S/C16H22N2O2S/c1-16(2,3)14-10-21-15(18-14)9-20-13-7-12(19-4)6-5-11(13)8-17/h5-7,10H,8-9,17H2,1-4H3. The maximum Gasteiger partial charge on any atom is 0.140 e. The molecule has 5 heteroatoms. The van der Waals surface area contributed by atoms with E-state index in [2.05, 4.69) is 31.1 Å². The first-order valence-corrected chi connectivity index (χ1v) is 7.76. The van der Waals surface area contributed by atoms with Crippen LogP contribution in [0.25, 0.3) is 0 Å². The fourth-order valence-electron chi connectivity index (χ4n) is 1.83. The SMILES string of the molecule is COc1ccc(CN)c(OCc2nc(C(C)(C)C)cs2)c1. The van der Waals surface area contributed by atoms with Gasteiger partial charge in [0.1, 0.15) is 23.1 Å². The van der Waals surface area contributed by atoms with Gasteiger partial charge in [0.15, 0.2) is 0 Å². The molecule has 2 rings (SSSR count). The van der Waals surface area contributed by atoms with Gasteiger partial charge in [0.05, 0.1) is 12.8 Å². The molecule has 1 aromatic carbocycles. The quantitative estimate of drug-likeness (QED) is 0.918. The summed E-state index contributed by atoms with van der Waals surface area (Å²) in [5.74, 6) is 1.51. The lowest BCUT2D eigenvalue weighted by molar-refractivity contribution is 0.299. The highest BCUT2D eigenvalue weighted by molar-refractivity contribution is 7.09. The molecule has 0 aliphatic carbocycles. The zero-order valence-electron chi connectivity index (χ0n) is 13.0. The van der Waals surface area contributed by atoms with Crippen LogP contribution in [0.5, 0.6) is 11.5 Å². The molecule has 2 aromatic rings. The van der Waals surface area contributed by atoms with Gasteiger partial charge >= 0.3 is 0 Å². The second-order valence-corrected chi connectivity index (χ2v) is 6.79. The number of aromatic nitrogens is 1. The molecule has 0 saturated carbocycles. The Balaban J connectivity index is 2.10. The summed E-state index contributed by atoms with van der Waals surface area (Å²) in [6.45, 7) is 7.34. The minimum atomic E-state index is 0.0626. The van der Waals surface area contributed by atoms with E-state index in [0.717, 1.165) is 27.8 Å². The summed E-state index contributed by atoms with van der Waals surface area (Å²) < 4.78 is 11.1. The molecule has 114 valence electrons. The van der Waals surface area contributed by atoms with Gasteiger partial charge in [-0.05, 0) is 6.07 Å². The summed E-state index contributed by atoms with van der Waals surface area (Å²) >= 11 is 1.62. The molecule has 0 saturated heterocycles. The molecular formula is C16H22N2O2S. The summed E-state index contributed by atoms with van der Waals surface area (Å²) in [4.78, 5) is 4.63. The van der Waals surface area contributed by atoms with Crippen LogP contribution >= 0.6 is 11.3 Å². The van der Waals surface area contributed by atoms with Gasteiger partial charge in [-0.2, -0.15) is 0 Å².